The molecule has 9 aliphatic carbocycles. The van der Waals surface area contributed by atoms with E-state index in [1.807, 2.05) is 88.4 Å². The highest BCUT2D eigenvalue weighted by Gasteiger charge is 2.52. The Morgan fingerprint density at radius 2 is 0.806 bits per heavy atom. The number of phenols is 2. The number of carbonyl (C=O) groups is 2. The Bertz CT molecular complexity index is 4410. The van der Waals surface area contributed by atoms with Crippen LogP contribution in [0.4, 0.5) is 22.7 Å². The molecule has 1 saturated heterocycles. The van der Waals surface area contributed by atoms with Gasteiger partial charge in [0.1, 0.15) is 17.8 Å². The summed E-state index contributed by atoms with van der Waals surface area (Å²) in [5.74, 6) is 6.87. The van der Waals surface area contributed by atoms with Crippen LogP contribution < -0.4 is 27.6 Å². The topological polar surface area (TPSA) is 169 Å². The molecule has 0 radical (unpaired) electrons. The Balaban J connectivity index is 0.000000163. The van der Waals surface area contributed by atoms with Gasteiger partial charge >= 0.3 is 7.12 Å². The van der Waals surface area contributed by atoms with E-state index in [0.29, 0.717) is 77.2 Å². The van der Waals surface area contributed by atoms with E-state index in [1.165, 1.54) is 102 Å². The number of aryl methyl sites for hydroxylation is 1. The van der Waals surface area contributed by atoms with Crippen molar-refractivity contribution in [2.75, 3.05) is 28.6 Å². The van der Waals surface area contributed by atoms with Crippen LogP contribution in [-0.4, -0.2) is 47.3 Å². The first kappa shape index (κ1) is 78.2. The van der Waals surface area contributed by atoms with Gasteiger partial charge in [-0.1, -0.05) is 201 Å². The summed E-state index contributed by atoms with van der Waals surface area (Å²) in [4.78, 5) is 21.7. The lowest BCUT2D eigenvalue weighted by molar-refractivity contribution is -0.114. The highest BCUT2D eigenvalue weighted by atomic mass is 16.7. The molecular formula is C92H115BN4O6. The fraction of sp³-hybridized carbons (Fsp3) is 0.391. The zero-order chi connectivity index (χ0) is 71.4. The zero-order valence-electron chi connectivity index (χ0n) is 61.3. The van der Waals surface area contributed by atoms with E-state index in [4.69, 9.17) is 20.8 Å². The molecule has 6 bridgehead atoms. The number of nitrogens with one attached hydrogen (secondary N) is 2. The molecule has 1 aliphatic heterocycles. The summed E-state index contributed by atoms with van der Waals surface area (Å²) in [6.07, 6.45) is 11.8. The first-order chi connectivity index (χ1) is 47.6. The summed E-state index contributed by atoms with van der Waals surface area (Å²) >= 11 is 0. The molecule has 10 nitrogen and oxygen atoms in total. The molecule has 542 valence electrons. The molecule has 9 atom stereocenters. The second-order valence-electron chi connectivity index (χ2n) is 31.4. The number of nitrogens with two attached hydrogens (primary N) is 2. The van der Waals surface area contributed by atoms with E-state index in [0.717, 1.165) is 52.0 Å². The maximum atomic E-state index is 11.5. The molecule has 18 rings (SSSR count). The van der Waals surface area contributed by atoms with Crippen molar-refractivity contribution in [3.8, 4) is 56.0 Å². The first-order valence-electron chi connectivity index (χ1n) is 36.4. The van der Waals surface area contributed by atoms with Crippen LogP contribution in [0.3, 0.4) is 0 Å². The van der Waals surface area contributed by atoms with E-state index in [1.54, 1.807) is 19.1 Å². The average Bonchev–Trinajstić information content (AvgIpc) is 1.35. The van der Waals surface area contributed by atoms with Crippen LogP contribution in [0.2, 0.25) is 0 Å². The number of benzene rings is 8. The number of aldehydes is 1. The van der Waals surface area contributed by atoms with Gasteiger partial charge in [-0.3, -0.25) is 4.79 Å². The molecule has 9 unspecified atom stereocenters. The van der Waals surface area contributed by atoms with E-state index in [2.05, 4.69) is 183 Å². The number of nitrogen functional groups attached to an aromatic ring is 2. The minimum atomic E-state index is -0.342. The number of carbonyl (C=O) groups excluding carboxylic acids is 2. The number of aromatic hydroxyl groups is 2. The summed E-state index contributed by atoms with van der Waals surface area (Å²) in [6, 6.07) is 54.3. The van der Waals surface area contributed by atoms with Crippen LogP contribution in [0.25, 0.3) is 44.5 Å². The van der Waals surface area contributed by atoms with Crippen molar-refractivity contribution in [2.45, 2.75) is 192 Å². The average molecular weight is 1380 g/mol. The lowest BCUT2D eigenvalue weighted by Crippen LogP contribution is -2.41. The lowest BCUT2D eigenvalue weighted by Gasteiger charge is -2.46. The van der Waals surface area contributed by atoms with Gasteiger partial charge in [-0.05, 0) is 243 Å². The Morgan fingerprint density at radius 1 is 0.476 bits per heavy atom. The molecule has 1 heterocycles. The van der Waals surface area contributed by atoms with E-state index in [9.17, 15) is 19.8 Å². The van der Waals surface area contributed by atoms with Crippen molar-refractivity contribution in [1.82, 2.24) is 0 Å². The monoisotopic (exact) mass is 1380 g/mol. The third-order valence-electron chi connectivity index (χ3n) is 23.5. The molecule has 8 aromatic rings. The van der Waals surface area contributed by atoms with Gasteiger partial charge in [-0.25, -0.2) is 0 Å². The number of anilines is 4. The molecule has 1 fully saturated rings. The number of allylic oxidation sites excluding steroid dienone is 6. The minimum Gasteiger partial charge on any atom is -0.508 e. The van der Waals surface area contributed by atoms with E-state index < -0.39 is 0 Å². The van der Waals surface area contributed by atoms with Gasteiger partial charge in [-0.15, -0.1) is 0 Å². The first-order valence-corrected chi connectivity index (χ1v) is 36.4. The molecule has 11 heteroatoms. The largest absolute Gasteiger partial charge is 0.508 e. The quantitative estimate of drug-likeness (QED) is 0.0229. The predicted molar refractivity (Wildman–Crippen MR) is 436 cm³/mol. The van der Waals surface area contributed by atoms with Gasteiger partial charge in [-0.2, -0.15) is 0 Å². The van der Waals surface area contributed by atoms with Gasteiger partial charge < -0.3 is 46.4 Å². The zero-order valence-corrected chi connectivity index (χ0v) is 61.3. The van der Waals surface area contributed by atoms with Gasteiger partial charge in [0, 0.05) is 76.3 Å². The summed E-state index contributed by atoms with van der Waals surface area (Å²) in [5, 5.41) is 26.1. The fourth-order valence-electron chi connectivity index (χ4n) is 17.3. The van der Waals surface area contributed by atoms with Gasteiger partial charge in [0.2, 0.25) is 5.91 Å². The molecular weight excluding hydrogens is 1270 g/mol. The maximum absolute atomic E-state index is 11.5. The SMILES string of the molecule is C.C.C.CC(=O)Nc1ccc(-c2ccc(-c3ccc(C)cc3)c3c2C2C=C(C)C3CC2C(C)C)cc1.CC1(C)OB(c2ccc(NCC=O)cc2)OC1(C)C.CC1=CC2c3c(-c4ccc(N)cc4)ccc(-c4ccc(N)cc4)c3C1CC2C(C)C.CC1=CC2c3c(O)ccc(O)c3C1CC2C(C)C. The molecule has 1 amide bonds. The van der Waals surface area contributed by atoms with E-state index in [-0.39, 0.29) is 58.3 Å². The van der Waals surface area contributed by atoms with Crippen molar-refractivity contribution in [1.29, 1.82) is 0 Å². The molecule has 0 saturated carbocycles. The Hall–Kier alpha value is -8.90. The molecule has 0 aromatic heterocycles. The normalized spacial score (nSPS) is 22.1. The molecule has 0 spiro atoms. The number of hydrogen-bond acceptors (Lipinski definition) is 9. The molecule has 103 heavy (non-hydrogen) atoms. The van der Waals surface area contributed by atoms with Crippen LogP contribution in [0, 0.1) is 42.4 Å². The molecule has 8 aromatic carbocycles. The van der Waals surface area contributed by atoms with Gasteiger partial charge in [0.05, 0.1) is 17.7 Å². The lowest BCUT2D eigenvalue weighted by atomic mass is 9.58. The fourth-order valence-corrected chi connectivity index (χ4v) is 17.3. The Kier molecular flexibility index (Phi) is 24.0. The van der Waals surface area contributed by atoms with Crippen LogP contribution in [0.15, 0.2) is 193 Å². The number of phenolic OH excluding ortho intramolecular Hbond substituents is 2. The second-order valence-corrected chi connectivity index (χ2v) is 31.4. The van der Waals surface area contributed by atoms with Crippen molar-refractivity contribution >= 4 is 47.5 Å². The van der Waals surface area contributed by atoms with Crippen LogP contribution >= 0.6 is 0 Å². The van der Waals surface area contributed by atoms with Crippen LogP contribution in [-0.2, 0) is 18.9 Å². The summed E-state index contributed by atoms with van der Waals surface area (Å²) < 4.78 is 11.9. The number of amides is 1. The second kappa shape index (κ2) is 31.6. The third-order valence-corrected chi connectivity index (χ3v) is 23.5. The molecule has 10 aliphatic rings. The number of rotatable bonds is 12. The highest BCUT2D eigenvalue weighted by Crippen LogP contribution is 2.61. The predicted octanol–water partition coefficient (Wildman–Crippen LogP) is 22.5. The van der Waals surface area contributed by atoms with Gasteiger partial charge in [0.25, 0.3) is 0 Å². The number of fused-ring (bicyclic) bond motifs is 3. The summed E-state index contributed by atoms with van der Waals surface area (Å²) in [7, 11) is -0.342. The highest BCUT2D eigenvalue weighted by molar-refractivity contribution is 6.62. The van der Waals surface area contributed by atoms with E-state index >= 15 is 0 Å². The third kappa shape index (κ3) is 15.5. The number of hydrogen-bond donors (Lipinski definition) is 6. The van der Waals surface area contributed by atoms with Crippen molar-refractivity contribution in [2.24, 2.45) is 35.5 Å². The van der Waals surface area contributed by atoms with Crippen molar-refractivity contribution in [3.63, 3.8) is 0 Å². The van der Waals surface area contributed by atoms with Crippen LogP contribution in [0.1, 0.15) is 213 Å². The maximum Gasteiger partial charge on any atom is 0.494 e. The van der Waals surface area contributed by atoms with Gasteiger partial charge in [0.15, 0.2) is 0 Å². The molecule has 8 N–H and O–H groups in total. The Labute approximate surface area is 617 Å². The van der Waals surface area contributed by atoms with Crippen LogP contribution in [0.5, 0.6) is 11.5 Å². The van der Waals surface area contributed by atoms with Crippen molar-refractivity contribution < 1.29 is 29.1 Å². The standard InChI is InChI=1S/C31H33NO.C28H30N2.C16H20O2.C14H20BNO3.3CH4/c1-18(2)27-17-28-20(4)16-29(27)31-26(23-10-12-24(13-11-23)32-21(5)33)15-14-25(30(28)31)22-8-6-19(3)7-9-22;1-16(2)24-15-25-17(3)14-26(24)28-23(19-6-10-21(30)11-7-19)13-12-22(27(25)28)18-4-8-20(29)9-5-18;1-8(2)10-7-11-9(3)6-12(10)16-14(18)5-4-13(17)15(11)16;1-13(2)14(3,4)19-15(18-13)11-5-7-12(8-6-11)16-9-10-17;;;/h6-16,18,27-29H,17H2,1-5H3,(H,32,33);4-14,16,24-26H,15,29-30H2,1-3H3;4-6,8,10-12,17-18H,7H2,1-3H3;5-8,10,16H,9H2,1-4H3;3*1H4. The summed E-state index contributed by atoms with van der Waals surface area (Å²) in [5.41, 5.74) is 39.8. The minimum absolute atomic E-state index is 0. The Morgan fingerprint density at radius 3 is 1.17 bits per heavy atom. The smallest absolute Gasteiger partial charge is 0.494 e. The summed E-state index contributed by atoms with van der Waals surface area (Å²) in [6.45, 7) is 32.9. The van der Waals surface area contributed by atoms with Crippen molar-refractivity contribution in [3.05, 3.63) is 232 Å².